The number of carbonyl (C=O) groups is 2. The Morgan fingerprint density at radius 1 is 1.10 bits per heavy atom. The summed E-state index contributed by atoms with van der Waals surface area (Å²) in [4.78, 5) is 26.1. The molecule has 1 aliphatic heterocycles. The number of hydrogen-bond acceptors (Lipinski definition) is 6. The summed E-state index contributed by atoms with van der Waals surface area (Å²) >= 11 is 0. The molecule has 0 spiro atoms. The van der Waals surface area contributed by atoms with Crippen molar-refractivity contribution in [3.8, 4) is 0 Å². The van der Waals surface area contributed by atoms with Gasteiger partial charge in [-0.1, -0.05) is 0 Å². The fourth-order valence-corrected chi connectivity index (χ4v) is 4.44. The van der Waals surface area contributed by atoms with Crippen LogP contribution in [-0.4, -0.2) is 69.2 Å². The van der Waals surface area contributed by atoms with E-state index in [4.69, 9.17) is 4.42 Å². The molecule has 2 amide bonds. The molecule has 9 nitrogen and oxygen atoms in total. The number of amides is 2. The van der Waals surface area contributed by atoms with Crippen molar-refractivity contribution in [1.82, 2.24) is 14.5 Å². The molecule has 0 saturated carbocycles. The number of furan rings is 1. The van der Waals surface area contributed by atoms with E-state index in [1.165, 1.54) is 34.9 Å². The summed E-state index contributed by atoms with van der Waals surface area (Å²) in [5.74, 6) is -0.0568. The van der Waals surface area contributed by atoms with Crippen LogP contribution in [0, 0.1) is 0 Å². The first-order valence-electron chi connectivity index (χ1n) is 9.92. The normalized spacial score (nSPS) is 15.8. The summed E-state index contributed by atoms with van der Waals surface area (Å²) in [6.45, 7) is 2.48. The Morgan fingerprint density at radius 2 is 1.81 bits per heavy atom. The molecule has 0 atom stereocenters. The van der Waals surface area contributed by atoms with E-state index in [0.717, 1.165) is 0 Å². The van der Waals surface area contributed by atoms with Gasteiger partial charge in [-0.05, 0) is 49.5 Å². The molecule has 1 fully saturated rings. The van der Waals surface area contributed by atoms with Gasteiger partial charge in [0.1, 0.15) is 5.76 Å². The Bertz CT molecular complexity index is 1010. The molecule has 166 valence electrons. The number of nitrogens with zero attached hydrogens (tertiary/aromatic N) is 2. The number of hydrogen-bond donors (Lipinski definition) is 2. The third-order valence-electron chi connectivity index (χ3n) is 4.83. The first-order valence-corrected chi connectivity index (χ1v) is 11.4. The minimum Gasteiger partial charge on any atom is -0.465 e. The molecular formula is C21H26N4O5S. The van der Waals surface area contributed by atoms with Crippen molar-refractivity contribution in [2.24, 2.45) is 0 Å². The maximum atomic E-state index is 12.7. The van der Waals surface area contributed by atoms with E-state index < -0.39 is 10.0 Å². The van der Waals surface area contributed by atoms with Crippen LogP contribution in [0.1, 0.15) is 12.2 Å². The van der Waals surface area contributed by atoms with Gasteiger partial charge >= 0.3 is 0 Å². The van der Waals surface area contributed by atoms with Crippen molar-refractivity contribution in [1.29, 1.82) is 0 Å². The quantitative estimate of drug-likeness (QED) is 0.593. The van der Waals surface area contributed by atoms with Gasteiger partial charge in [-0.25, -0.2) is 8.42 Å². The standard InChI is InChI=1S/C21H26N4O5S/c1-24-12-14-25(15-13-24)31(28,29)19-7-4-17(5-8-19)23-21(27)10-11-22-20(26)9-6-18-3-2-16-30-18/h2-9,16H,10-15H2,1H3,(H,22,26)(H,23,27)/b9-6+. The fourth-order valence-electron chi connectivity index (χ4n) is 3.01. The average Bonchev–Trinajstić information content (AvgIpc) is 3.27. The van der Waals surface area contributed by atoms with E-state index in [2.05, 4.69) is 15.5 Å². The molecule has 10 heteroatoms. The molecule has 3 rings (SSSR count). The van der Waals surface area contributed by atoms with Crippen LogP contribution in [0.5, 0.6) is 0 Å². The summed E-state index contributed by atoms with van der Waals surface area (Å²) in [6.07, 6.45) is 4.46. The number of benzene rings is 1. The molecule has 0 radical (unpaired) electrons. The van der Waals surface area contributed by atoms with Gasteiger partial charge in [-0.3, -0.25) is 9.59 Å². The SMILES string of the molecule is CN1CCN(S(=O)(=O)c2ccc(NC(=O)CCNC(=O)/C=C/c3ccco3)cc2)CC1. The lowest BCUT2D eigenvalue weighted by Crippen LogP contribution is -2.46. The van der Waals surface area contributed by atoms with Gasteiger partial charge in [0.2, 0.25) is 21.8 Å². The summed E-state index contributed by atoms with van der Waals surface area (Å²) < 4.78 is 32.0. The van der Waals surface area contributed by atoms with Crippen LogP contribution in [-0.2, 0) is 19.6 Å². The largest absolute Gasteiger partial charge is 0.465 e. The van der Waals surface area contributed by atoms with Gasteiger partial charge in [0.15, 0.2) is 0 Å². The highest BCUT2D eigenvalue weighted by molar-refractivity contribution is 7.89. The number of sulfonamides is 1. The van der Waals surface area contributed by atoms with Gasteiger partial charge in [0, 0.05) is 50.9 Å². The molecule has 1 saturated heterocycles. The summed E-state index contributed by atoms with van der Waals surface area (Å²) in [5.41, 5.74) is 0.492. The van der Waals surface area contributed by atoms with Gasteiger partial charge in [0.05, 0.1) is 11.2 Å². The molecule has 0 bridgehead atoms. The summed E-state index contributed by atoms with van der Waals surface area (Å²) in [6, 6.07) is 9.54. The summed E-state index contributed by atoms with van der Waals surface area (Å²) in [7, 11) is -1.58. The van der Waals surface area contributed by atoms with Crippen molar-refractivity contribution in [2.75, 3.05) is 45.1 Å². The number of nitrogens with one attached hydrogen (secondary N) is 2. The molecule has 1 aliphatic rings. The Balaban J connectivity index is 1.45. The lowest BCUT2D eigenvalue weighted by molar-refractivity contribution is -0.117. The zero-order valence-electron chi connectivity index (χ0n) is 17.3. The number of rotatable bonds is 8. The first kappa shape index (κ1) is 22.7. The van der Waals surface area contributed by atoms with Crippen molar-refractivity contribution < 1.29 is 22.4 Å². The number of anilines is 1. The number of likely N-dealkylation sites (N-methyl/N-ethyl adjacent to an activating group) is 1. The zero-order chi connectivity index (χ0) is 22.3. The van der Waals surface area contributed by atoms with Gasteiger partial charge in [-0.2, -0.15) is 4.31 Å². The lowest BCUT2D eigenvalue weighted by Gasteiger charge is -2.31. The molecule has 2 N–H and O–H groups in total. The third kappa shape index (κ3) is 6.51. The van der Waals surface area contributed by atoms with Crippen LogP contribution in [0.2, 0.25) is 0 Å². The van der Waals surface area contributed by atoms with Gasteiger partial charge in [0.25, 0.3) is 0 Å². The second kappa shape index (κ2) is 10.4. The van der Waals surface area contributed by atoms with Gasteiger partial charge < -0.3 is 20.0 Å². The molecular weight excluding hydrogens is 420 g/mol. The summed E-state index contributed by atoms with van der Waals surface area (Å²) in [5, 5.41) is 5.31. The van der Waals surface area contributed by atoms with Crippen molar-refractivity contribution >= 4 is 33.6 Å². The monoisotopic (exact) mass is 446 g/mol. The average molecular weight is 447 g/mol. The second-order valence-corrected chi connectivity index (χ2v) is 9.11. The highest BCUT2D eigenvalue weighted by Crippen LogP contribution is 2.19. The Kier molecular flexibility index (Phi) is 7.61. The van der Waals surface area contributed by atoms with E-state index in [1.54, 1.807) is 24.3 Å². The van der Waals surface area contributed by atoms with Crippen LogP contribution in [0.25, 0.3) is 6.08 Å². The van der Waals surface area contributed by atoms with Crippen LogP contribution in [0.15, 0.2) is 58.1 Å². The highest BCUT2D eigenvalue weighted by Gasteiger charge is 2.27. The van der Waals surface area contributed by atoms with Crippen LogP contribution in [0.3, 0.4) is 0 Å². The predicted molar refractivity (Wildman–Crippen MR) is 117 cm³/mol. The van der Waals surface area contributed by atoms with Crippen molar-refractivity contribution in [3.05, 3.63) is 54.5 Å². The fraction of sp³-hybridized carbons (Fsp3) is 0.333. The minimum atomic E-state index is -3.54. The van der Waals surface area contributed by atoms with E-state index in [1.807, 2.05) is 7.05 Å². The molecule has 0 aliphatic carbocycles. The molecule has 1 aromatic heterocycles. The maximum absolute atomic E-state index is 12.7. The Morgan fingerprint density at radius 3 is 2.45 bits per heavy atom. The van der Waals surface area contributed by atoms with Crippen LogP contribution in [0.4, 0.5) is 5.69 Å². The molecule has 1 aromatic carbocycles. The van der Waals surface area contributed by atoms with Crippen molar-refractivity contribution in [2.45, 2.75) is 11.3 Å². The lowest BCUT2D eigenvalue weighted by atomic mass is 10.3. The molecule has 2 aromatic rings. The highest BCUT2D eigenvalue weighted by atomic mass is 32.2. The molecule has 31 heavy (non-hydrogen) atoms. The topological polar surface area (TPSA) is 112 Å². The molecule has 2 heterocycles. The van der Waals surface area contributed by atoms with Crippen LogP contribution >= 0.6 is 0 Å². The minimum absolute atomic E-state index is 0.0850. The third-order valence-corrected chi connectivity index (χ3v) is 6.74. The number of carbonyl (C=O) groups excluding carboxylic acids is 2. The predicted octanol–water partition coefficient (Wildman–Crippen LogP) is 1.37. The molecule has 0 unspecified atom stereocenters. The smallest absolute Gasteiger partial charge is 0.244 e. The Labute approximate surface area is 181 Å². The van der Waals surface area contributed by atoms with Crippen molar-refractivity contribution in [3.63, 3.8) is 0 Å². The zero-order valence-corrected chi connectivity index (χ0v) is 18.1. The first-order chi connectivity index (χ1) is 14.8. The van der Waals surface area contributed by atoms with E-state index in [-0.39, 0.29) is 29.7 Å². The number of piperazine rings is 1. The Hall–Kier alpha value is -2.95. The van der Waals surface area contributed by atoms with E-state index in [9.17, 15) is 18.0 Å². The maximum Gasteiger partial charge on any atom is 0.244 e. The van der Waals surface area contributed by atoms with E-state index in [0.29, 0.717) is 37.6 Å². The van der Waals surface area contributed by atoms with Gasteiger partial charge in [-0.15, -0.1) is 0 Å². The van der Waals surface area contributed by atoms with Crippen LogP contribution < -0.4 is 10.6 Å². The second-order valence-electron chi connectivity index (χ2n) is 7.17. The van der Waals surface area contributed by atoms with E-state index >= 15 is 0 Å².